The fourth-order valence-electron chi connectivity index (χ4n) is 0.946. The van der Waals surface area contributed by atoms with Gasteiger partial charge in [-0.2, -0.15) is 0 Å². The van der Waals surface area contributed by atoms with Gasteiger partial charge >= 0.3 is 0 Å². The predicted molar refractivity (Wildman–Crippen MR) is 47.4 cm³/mol. The number of ether oxygens (including phenoxy) is 1. The third-order valence-corrected chi connectivity index (χ3v) is 1.46. The summed E-state index contributed by atoms with van der Waals surface area (Å²) in [6.45, 7) is 2.41. The second-order valence-corrected chi connectivity index (χ2v) is 2.35. The molecule has 0 fully saturated rings. The van der Waals surface area contributed by atoms with Gasteiger partial charge in [-0.15, -0.1) is 0 Å². The summed E-state index contributed by atoms with van der Waals surface area (Å²) >= 11 is 0. The normalized spacial score (nSPS) is 9.42. The minimum absolute atomic E-state index is 0.497. The zero-order valence-electron chi connectivity index (χ0n) is 6.91. The summed E-state index contributed by atoms with van der Waals surface area (Å²) in [6, 6.07) is 5.00. The fraction of sp³-hybridized carbons (Fsp3) is 0.222. The quantitative estimate of drug-likeness (QED) is 0.545. The molecule has 0 heterocycles. The van der Waals surface area contributed by atoms with Crippen molar-refractivity contribution in [1.82, 2.24) is 0 Å². The highest BCUT2D eigenvalue weighted by atomic mass is 16.5. The molecule has 1 aromatic carbocycles. The van der Waals surface area contributed by atoms with Gasteiger partial charge in [-0.25, -0.2) is 0 Å². The molecule has 0 spiro atoms. The number of hydrogen-bond acceptors (Lipinski definition) is 3. The van der Waals surface area contributed by atoms with E-state index in [1.165, 1.54) is 0 Å². The lowest BCUT2D eigenvalue weighted by atomic mass is 10.2. The molecule has 12 heavy (non-hydrogen) atoms. The van der Waals surface area contributed by atoms with Crippen molar-refractivity contribution < 1.29 is 9.53 Å². The molecule has 1 rings (SSSR count). The lowest BCUT2D eigenvalue weighted by Gasteiger charge is -2.05. The monoisotopic (exact) mass is 165 g/mol. The number of benzene rings is 1. The van der Waals surface area contributed by atoms with Crippen LogP contribution in [-0.4, -0.2) is 12.9 Å². The maximum absolute atomic E-state index is 10.5. The van der Waals surface area contributed by atoms with Gasteiger partial charge in [0.15, 0.2) is 6.29 Å². The molecule has 0 amide bonds. The number of carbonyl (C=O) groups is 1. The second kappa shape index (κ2) is 3.76. The molecule has 0 aliphatic carbocycles. The first-order valence-corrected chi connectivity index (χ1v) is 3.75. The van der Waals surface area contributed by atoms with Crippen LogP contribution in [0.4, 0.5) is 5.69 Å². The first-order chi connectivity index (χ1) is 5.77. The summed E-state index contributed by atoms with van der Waals surface area (Å²) in [5, 5.41) is 0. The Balaban J connectivity index is 3.02. The molecule has 0 radical (unpaired) electrons. The Hall–Kier alpha value is -1.51. The SMILES string of the molecule is CCOc1ccc(N)cc1C=O. The summed E-state index contributed by atoms with van der Waals surface area (Å²) in [5.74, 6) is 0.585. The fourth-order valence-corrected chi connectivity index (χ4v) is 0.946. The number of nitrogen functional groups attached to an aromatic ring is 1. The summed E-state index contributed by atoms with van der Waals surface area (Å²) < 4.78 is 5.20. The number of rotatable bonds is 3. The summed E-state index contributed by atoms with van der Waals surface area (Å²) in [6.07, 6.45) is 0.737. The van der Waals surface area contributed by atoms with Crippen LogP contribution < -0.4 is 10.5 Å². The van der Waals surface area contributed by atoms with Crippen molar-refractivity contribution in [2.75, 3.05) is 12.3 Å². The molecule has 0 saturated carbocycles. The molecule has 0 saturated heterocycles. The number of nitrogens with two attached hydrogens (primary N) is 1. The Labute approximate surface area is 71.1 Å². The van der Waals surface area contributed by atoms with Crippen LogP contribution in [-0.2, 0) is 0 Å². The van der Waals surface area contributed by atoms with E-state index in [2.05, 4.69) is 0 Å². The Kier molecular flexibility index (Phi) is 2.69. The van der Waals surface area contributed by atoms with Gasteiger partial charge in [0.05, 0.1) is 12.2 Å². The van der Waals surface area contributed by atoms with Crippen LogP contribution in [0.5, 0.6) is 5.75 Å². The maximum atomic E-state index is 10.5. The van der Waals surface area contributed by atoms with Crippen LogP contribution in [0.2, 0.25) is 0 Å². The molecule has 3 heteroatoms. The van der Waals surface area contributed by atoms with Crippen LogP contribution in [0, 0.1) is 0 Å². The van der Waals surface area contributed by atoms with E-state index in [-0.39, 0.29) is 0 Å². The van der Waals surface area contributed by atoms with Gasteiger partial charge in [0, 0.05) is 5.69 Å². The first kappa shape index (κ1) is 8.59. The van der Waals surface area contributed by atoms with Crippen LogP contribution in [0.25, 0.3) is 0 Å². The van der Waals surface area contributed by atoms with E-state index in [9.17, 15) is 4.79 Å². The highest BCUT2D eigenvalue weighted by molar-refractivity contribution is 5.81. The van der Waals surface area contributed by atoms with E-state index < -0.39 is 0 Å². The number of hydrogen-bond donors (Lipinski definition) is 1. The Morgan fingerprint density at radius 3 is 2.92 bits per heavy atom. The van der Waals surface area contributed by atoms with E-state index in [4.69, 9.17) is 10.5 Å². The van der Waals surface area contributed by atoms with Gasteiger partial charge in [0.1, 0.15) is 5.75 Å². The average Bonchev–Trinajstić information content (AvgIpc) is 2.08. The van der Waals surface area contributed by atoms with Gasteiger partial charge in [0.2, 0.25) is 0 Å². The van der Waals surface area contributed by atoms with Crippen molar-refractivity contribution in [3.8, 4) is 5.75 Å². The van der Waals surface area contributed by atoms with Gasteiger partial charge < -0.3 is 10.5 Å². The highest BCUT2D eigenvalue weighted by Crippen LogP contribution is 2.19. The third-order valence-electron chi connectivity index (χ3n) is 1.46. The van der Waals surface area contributed by atoms with E-state index in [1.54, 1.807) is 18.2 Å². The highest BCUT2D eigenvalue weighted by Gasteiger charge is 2.01. The van der Waals surface area contributed by atoms with Crippen molar-refractivity contribution in [3.63, 3.8) is 0 Å². The molecule has 0 unspecified atom stereocenters. The lowest BCUT2D eigenvalue weighted by molar-refractivity contribution is 0.112. The molecule has 64 valence electrons. The summed E-state index contributed by atoms with van der Waals surface area (Å²) in [4.78, 5) is 10.5. The molecule has 1 aromatic rings. The largest absolute Gasteiger partial charge is 0.493 e. The molecule has 0 bridgehead atoms. The van der Waals surface area contributed by atoms with E-state index in [0.29, 0.717) is 23.6 Å². The molecule has 3 nitrogen and oxygen atoms in total. The van der Waals surface area contributed by atoms with Crippen molar-refractivity contribution in [2.24, 2.45) is 0 Å². The van der Waals surface area contributed by atoms with Crippen molar-refractivity contribution in [3.05, 3.63) is 23.8 Å². The molecule has 2 N–H and O–H groups in total. The Bertz CT molecular complexity index is 284. The van der Waals surface area contributed by atoms with Gasteiger partial charge in [-0.05, 0) is 25.1 Å². The van der Waals surface area contributed by atoms with Crippen molar-refractivity contribution >= 4 is 12.0 Å². The minimum Gasteiger partial charge on any atom is -0.493 e. The van der Waals surface area contributed by atoms with Crippen LogP contribution >= 0.6 is 0 Å². The van der Waals surface area contributed by atoms with Gasteiger partial charge in [-0.1, -0.05) is 0 Å². The number of aldehydes is 1. The molecular formula is C9H11NO2. The zero-order chi connectivity index (χ0) is 8.97. The van der Waals surface area contributed by atoms with E-state index in [0.717, 1.165) is 6.29 Å². The Morgan fingerprint density at radius 2 is 2.33 bits per heavy atom. The van der Waals surface area contributed by atoms with E-state index >= 15 is 0 Å². The van der Waals surface area contributed by atoms with Crippen LogP contribution in [0.1, 0.15) is 17.3 Å². The smallest absolute Gasteiger partial charge is 0.153 e. The van der Waals surface area contributed by atoms with Crippen LogP contribution in [0.15, 0.2) is 18.2 Å². The average molecular weight is 165 g/mol. The standard InChI is InChI=1S/C9H11NO2/c1-2-12-9-4-3-8(10)5-7(9)6-11/h3-6H,2,10H2,1H3. The molecular weight excluding hydrogens is 154 g/mol. The van der Waals surface area contributed by atoms with Crippen molar-refractivity contribution in [2.45, 2.75) is 6.92 Å². The van der Waals surface area contributed by atoms with Gasteiger partial charge in [0.25, 0.3) is 0 Å². The van der Waals surface area contributed by atoms with Crippen LogP contribution in [0.3, 0.4) is 0 Å². The molecule has 0 aliphatic heterocycles. The predicted octanol–water partition coefficient (Wildman–Crippen LogP) is 1.48. The summed E-state index contributed by atoms with van der Waals surface area (Å²) in [5.41, 5.74) is 6.55. The lowest BCUT2D eigenvalue weighted by Crippen LogP contribution is -1.97. The molecule has 0 aliphatic rings. The first-order valence-electron chi connectivity index (χ1n) is 3.75. The number of anilines is 1. The topological polar surface area (TPSA) is 52.3 Å². The zero-order valence-corrected chi connectivity index (χ0v) is 6.91. The third kappa shape index (κ3) is 1.75. The van der Waals surface area contributed by atoms with Gasteiger partial charge in [-0.3, -0.25) is 4.79 Å². The number of carbonyl (C=O) groups excluding carboxylic acids is 1. The molecule has 0 atom stereocenters. The van der Waals surface area contributed by atoms with Crippen molar-refractivity contribution in [1.29, 1.82) is 0 Å². The summed E-state index contributed by atoms with van der Waals surface area (Å²) in [7, 11) is 0. The minimum atomic E-state index is 0.497. The van der Waals surface area contributed by atoms with E-state index in [1.807, 2.05) is 6.92 Å². The molecule has 0 aromatic heterocycles. The Morgan fingerprint density at radius 1 is 1.58 bits per heavy atom. The maximum Gasteiger partial charge on any atom is 0.153 e. The second-order valence-electron chi connectivity index (χ2n) is 2.35.